The van der Waals surface area contributed by atoms with Gasteiger partial charge in [-0.15, -0.1) is 11.8 Å². The van der Waals surface area contributed by atoms with Crippen LogP contribution in [0.1, 0.15) is 32.6 Å². The number of nitrogens with one attached hydrogen (secondary N) is 1. The summed E-state index contributed by atoms with van der Waals surface area (Å²) >= 11 is 1.88. The molecule has 1 aliphatic rings. The van der Waals surface area contributed by atoms with Crippen LogP contribution in [-0.4, -0.2) is 17.2 Å². The molecule has 1 aromatic rings. The maximum Gasteiger partial charge on any atom is 0.241 e. The van der Waals surface area contributed by atoms with Crippen LogP contribution in [0.5, 0.6) is 0 Å². The number of hydrogen-bond donors (Lipinski definition) is 2. The van der Waals surface area contributed by atoms with Gasteiger partial charge in [-0.3, -0.25) is 4.79 Å². The lowest BCUT2D eigenvalue weighted by molar-refractivity contribution is -0.117. The van der Waals surface area contributed by atoms with E-state index in [0.29, 0.717) is 5.25 Å². The van der Waals surface area contributed by atoms with Gasteiger partial charge in [-0.05, 0) is 31.9 Å². The highest BCUT2D eigenvalue weighted by molar-refractivity contribution is 8.00. The van der Waals surface area contributed by atoms with Crippen molar-refractivity contribution >= 4 is 23.4 Å². The molecule has 1 fully saturated rings. The first-order valence-corrected chi connectivity index (χ1v) is 7.37. The lowest BCUT2D eigenvalue weighted by Gasteiger charge is -2.14. The number of anilines is 1. The fraction of sp³-hybridized carbons (Fsp3) is 0.500. The van der Waals surface area contributed by atoms with Crippen LogP contribution >= 0.6 is 11.8 Å². The zero-order chi connectivity index (χ0) is 13.0. The van der Waals surface area contributed by atoms with Gasteiger partial charge < -0.3 is 11.1 Å². The molecule has 3 nitrogen and oxygen atoms in total. The molecule has 98 valence electrons. The summed E-state index contributed by atoms with van der Waals surface area (Å²) in [6.07, 6.45) is 5.21. The lowest BCUT2D eigenvalue weighted by atomic mass is 10.3. The van der Waals surface area contributed by atoms with Crippen LogP contribution < -0.4 is 11.1 Å². The molecule has 0 aliphatic heterocycles. The van der Waals surface area contributed by atoms with Gasteiger partial charge in [0.2, 0.25) is 5.91 Å². The quantitative estimate of drug-likeness (QED) is 0.879. The Bertz CT molecular complexity index is 414. The predicted molar refractivity (Wildman–Crippen MR) is 76.8 cm³/mol. The van der Waals surface area contributed by atoms with Crippen molar-refractivity contribution in [3.05, 3.63) is 24.3 Å². The van der Waals surface area contributed by atoms with E-state index in [4.69, 9.17) is 5.73 Å². The third-order valence-electron chi connectivity index (χ3n) is 3.15. The van der Waals surface area contributed by atoms with Crippen molar-refractivity contribution in [3.8, 4) is 0 Å². The normalized spacial score (nSPS) is 17.7. The average Bonchev–Trinajstić information content (AvgIpc) is 2.84. The number of thioether (sulfide) groups is 1. The van der Waals surface area contributed by atoms with E-state index in [1.807, 2.05) is 30.0 Å². The standard InChI is InChI=1S/C14H20N2OS/c1-10(15)14(17)16-12-8-4-5-9-13(12)18-11-6-2-3-7-11/h4-5,8-11H,2-3,6-7,15H2,1H3,(H,16,17)/t10-/m1/s1. The van der Waals surface area contributed by atoms with Gasteiger partial charge in [0.05, 0.1) is 11.7 Å². The molecule has 18 heavy (non-hydrogen) atoms. The molecule has 0 bridgehead atoms. The average molecular weight is 264 g/mol. The van der Waals surface area contributed by atoms with E-state index < -0.39 is 6.04 Å². The van der Waals surface area contributed by atoms with Crippen molar-refractivity contribution in [1.29, 1.82) is 0 Å². The van der Waals surface area contributed by atoms with Gasteiger partial charge in [0.25, 0.3) is 0 Å². The van der Waals surface area contributed by atoms with Crippen LogP contribution in [0.15, 0.2) is 29.2 Å². The Kier molecular flexibility index (Phi) is 4.66. The number of amides is 1. The van der Waals surface area contributed by atoms with Gasteiger partial charge in [-0.2, -0.15) is 0 Å². The topological polar surface area (TPSA) is 55.1 Å². The molecule has 1 amide bonds. The van der Waals surface area contributed by atoms with E-state index in [1.165, 1.54) is 25.7 Å². The van der Waals surface area contributed by atoms with E-state index in [9.17, 15) is 4.79 Å². The molecule has 1 saturated carbocycles. The summed E-state index contributed by atoms with van der Waals surface area (Å²) < 4.78 is 0. The van der Waals surface area contributed by atoms with Crippen LogP contribution in [0.3, 0.4) is 0 Å². The minimum atomic E-state index is -0.477. The van der Waals surface area contributed by atoms with E-state index in [2.05, 4.69) is 11.4 Å². The van der Waals surface area contributed by atoms with Gasteiger partial charge in [0.1, 0.15) is 0 Å². The van der Waals surface area contributed by atoms with Gasteiger partial charge in [-0.25, -0.2) is 0 Å². The molecule has 0 saturated heterocycles. The summed E-state index contributed by atoms with van der Waals surface area (Å²) in [4.78, 5) is 12.8. The summed E-state index contributed by atoms with van der Waals surface area (Å²) in [6.45, 7) is 1.70. The predicted octanol–water partition coefficient (Wildman–Crippen LogP) is 3.01. The Labute approximate surface area is 113 Å². The molecule has 3 N–H and O–H groups in total. The van der Waals surface area contributed by atoms with Crippen LogP contribution in [0.4, 0.5) is 5.69 Å². The molecule has 0 spiro atoms. The van der Waals surface area contributed by atoms with Gasteiger partial charge in [0.15, 0.2) is 0 Å². The molecule has 1 aliphatic carbocycles. The fourth-order valence-electron chi connectivity index (χ4n) is 2.11. The van der Waals surface area contributed by atoms with Gasteiger partial charge in [-0.1, -0.05) is 25.0 Å². The van der Waals surface area contributed by atoms with E-state index >= 15 is 0 Å². The SMILES string of the molecule is C[C@@H](N)C(=O)Nc1ccccc1SC1CCCC1. The van der Waals surface area contributed by atoms with Gasteiger partial charge in [0, 0.05) is 10.1 Å². The molecule has 0 aromatic heterocycles. The van der Waals surface area contributed by atoms with Gasteiger partial charge >= 0.3 is 0 Å². The van der Waals surface area contributed by atoms with Crippen molar-refractivity contribution in [1.82, 2.24) is 0 Å². The first kappa shape index (κ1) is 13.4. The minimum absolute atomic E-state index is 0.130. The maximum absolute atomic E-state index is 11.7. The second-order valence-electron chi connectivity index (χ2n) is 4.80. The number of hydrogen-bond acceptors (Lipinski definition) is 3. The molecule has 1 aromatic carbocycles. The van der Waals surface area contributed by atoms with E-state index in [0.717, 1.165) is 10.6 Å². The van der Waals surface area contributed by atoms with Crippen LogP contribution in [0, 0.1) is 0 Å². The Morgan fingerprint density at radius 3 is 2.72 bits per heavy atom. The van der Waals surface area contributed by atoms with Crippen LogP contribution in [0.2, 0.25) is 0 Å². The third-order valence-corrected chi connectivity index (χ3v) is 4.57. The Morgan fingerprint density at radius 1 is 1.39 bits per heavy atom. The van der Waals surface area contributed by atoms with Crippen molar-refractivity contribution in [3.63, 3.8) is 0 Å². The maximum atomic E-state index is 11.7. The molecule has 0 unspecified atom stereocenters. The molecule has 4 heteroatoms. The second-order valence-corrected chi connectivity index (χ2v) is 6.14. The molecule has 2 rings (SSSR count). The molecular weight excluding hydrogens is 244 g/mol. The zero-order valence-electron chi connectivity index (χ0n) is 10.7. The summed E-state index contributed by atoms with van der Waals surface area (Å²) in [5, 5.41) is 3.59. The summed E-state index contributed by atoms with van der Waals surface area (Å²) in [5.74, 6) is -0.130. The molecule has 0 heterocycles. The second kappa shape index (κ2) is 6.25. The molecular formula is C14H20N2OS. The van der Waals surface area contributed by atoms with Crippen molar-refractivity contribution in [2.75, 3.05) is 5.32 Å². The van der Waals surface area contributed by atoms with E-state index in [1.54, 1.807) is 6.92 Å². The van der Waals surface area contributed by atoms with Crippen molar-refractivity contribution in [2.24, 2.45) is 5.73 Å². The molecule has 0 radical (unpaired) electrons. The first-order valence-electron chi connectivity index (χ1n) is 6.49. The van der Waals surface area contributed by atoms with Crippen molar-refractivity contribution < 1.29 is 4.79 Å². The largest absolute Gasteiger partial charge is 0.324 e. The smallest absolute Gasteiger partial charge is 0.241 e. The van der Waals surface area contributed by atoms with Crippen molar-refractivity contribution in [2.45, 2.75) is 48.8 Å². The zero-order valence-corrected chi connectivity index (χ0v) is 11.5. The number of carbonyl (C=O) groups is 1. The fourth-order valence-corrected chi connectivity index (χ4v) is 3.44. The van der Waals surface area contributed by atoms with E-state index in [-0.39, 0.29) is 5.91 Å². The number of para-hydroxylation sites is 1. The lowest BCUT2D eigenvalue weighted by Crippen LogP contribution is -2.32. The highest BCUT2D eigenvalue weighted by Crippen LogP contribution is 2.37. The summed E-state index contributed by atoms with van der Waals surface area (Å²) in [7, 11) is 0. The Hall–Kier alpha value is -1.00. The highest BCUT2D eigenvalue weighted by atomic mass is 32.2. The summed E-state index contributed by atoms with van der Waals surface area (Å²) in [5.41, 5.74) is 6.46. The summed E-state index contributed by atoms with van der Waals surface area (Å²) in [6, 6.07) is 7.49. The number of carbonyl (C=O) groups excluding carboxylic acids is 1. The van der Waals surface area contributed by atoms with Crippen LogP contribution in [-0.2, 0) is 4.79 Å². The minimum Gasteiger partial charge on any atom is -0.324 e. The Balaban J connectivity index is 2.07. The number of rotatable bonds is 4. The number of benzene rings is 1. The monoisotopic (exact) mass is 264 g/mol. The molecule has 1 atom stereocenters. The Morgan fingerprint density at radius 2 is 2.06 bits per heavy atom. The first-order chi connectivity index (χ1) is 8.66. The number of nitrogens with two attached hydrogens (primary N) is 1. The van der Waals surface area contributed by atoms with Crippen LogP contribution in [0.25, 0.3) is 0 Å². The third kappa shape index (κ3) is 3.50. The highest BCUT2D eigenvalue weighted by Gasteiger charge is 2.18.